The van der Waals surface area contributed by atoms with Crippen LogP contribution < -0.4 is 11.3 Å². The Bertz CT molecular complexity index is 585. The van der Waals surface area contributed by atoms with Gasteiger partial charge >= 0.3 is 0 Å². The normalized spacial score (nSPS) is 12.7. The van der Waals surface area contributed by atoms with Crippen molar-refractivity contribution < 1.29 is 8.78 Å². The highest BCUT2D eigenvalue weighted by Crippen LogP contribution is 2.27. The van der Waals surface area contributed by atoms with Crippen LogP contribution in [0.1, 0.15) is 24.2 Å². The fraction of sp³-hybridized carbons (Fsp3) is 0.250. The molecule has 19 heavy (non-hydrogen) atoms. The van der Waals surface area contributed by atoms with Crippen molar-refractivity contribution in [2.24, 2.45) is 5.84 Å². The summed E-state index contributed by atoms with van der Waals surface area (Å²) in [5, 5.41) is 3.81. The van der Waals surface area contributed by atoms with Gasteiger partial charge in [-0.1, -0.05) is 11.6 Å². The Morgan fingerprint density at radius 3 is 2.79 bits per heavy atom. The molecule has 0 spiro atoms. The lowest BCUT2D eigenvalue weighted by Crippen LogP contribution is -2.31. The molecule has 1 unspecified atom stereocenters. The SMILES string of the molecule is CCn1nccc1C(NN)c1cc(F)c(Cl)cc1F. The molecule has 0 saturated heterocycles. The molecule has 102 valence electrons. The minimum absolute atomic E-state index is 0.0830. The van der Waals surface area contributed by atoms with Gasteiger partial charge in [0.2, 0.25) is 0 Å². The number of aromatic nitrogens is 2. The maximum Gasteiger partial charge on any atom is 0.142 e. The average molecular weight is 287 g/mol. The molecule has 0 saturated carbocycles. The third-order valence-electron chi connectivity index (χ3n) is 2.86. The number of nitrogens with one attached hydrogen (secondary N) is 1. The number of hydrazine groups is 1. The Balaban J connectivity index is 2.51. The second kappa shape index (κ2) is 5.64. The summed E-state index contributed by atoms with van der Waals surface area (Å²) in [5.41, 5.74) is 3.20. The zero-order valence-electron chi connectivity index (χ0n) is 10.2. The first-order valence-electron chi connectivity index (χ1n) is 5.70. The lowest BCUT2D eigenvalue weighted by atomic mass is 10.0. The van der Waals surface area contributed by atoms with Gasteiger partial charge in [0.1, 0.15) is 11.6 Å². The van der Waals surface area contributed by atoms with Gasteiger partial charge in [0, 0.05) is 18.3 Å². The van der Waals surface area contributed by atoms with Crippen LogP contribution in [-0.4, -0.2) is 9.78 Å². The fourth-order valence-electron chi connectivity index (χ4n) is 1.95. The maximum atomic E-state index is 13.9. The second-order valence-electron chi connectivity index (χ2n) is 3.96. The summed E-state index contributed by atoms with van der Waals surface area (Å²) in [4.78, 5) is 0. The molecular weight excluding hydrogens is 274 g/mol. The smallest absolute Gasteiger partial charge is 0.142 e. The van der Waals surface area contributed by atoms with Crippen molar-refractivity contribution in [1.82, 2.24) is 15.2 Å². The molecule has 2 rings (SSSR count). The number of benzene rings is 1. The molecule has 0 bridgehead atoms. The van der Waals surface area contributed by atoms with Crippen molar-refractivity contribution in [3.63, 3.8) is 0 Å². The summed E-state index contributed by atoms with van der Waals surface area (Å²) in [6.07, 6.45) is 1.58. The molecule has 0 fully saturated rings. The van der Waals surface area contributed by atoms with Gasteiger partial charge in [-0.3, -0.25) is 10.5 Å². The van der Waals surface area contributed by atoms with E-state index in [4.69, 9.17) is 17.4 Å². The zero-order valence-corrected chi connectivity index (χ0v) is 11.0. The van der Waals surface area contributed by atoms with Crippen LogP contribution in [0.3, 0.4) is 0 Å². The van der Waals surface area contributed by atoms with Crippen LogP contribution in [0.15, 0.2) is 24.4 Å². The first-order valence-corrected chi connectivity index (χ1v) is 6.08. The summed E-state index contributed by atoms with van der Waals surface area (Å²) in [7, 11) is 0. The molecule has 0 radical (unpaired) electrons. The zero-order chi connectivity index (χ0) is 14.0. The average Bonchev–Trinajstić information content (AvgIpc) is 2.84. The van der Waals surface area contributed by atoms with Gasteiger partial charge in [0.15, 0.2) is 0 Å². The van der Waals surface area contributed by atoms with E-state index >= 15 is 0 Å². The van der Waals surface area contributed by atoms with Gasteiger partial charge in [-0.25, -0.2) is 14.2 Å². The highest BCUT2D eigenvalue weighted by Gasteiger charge is 2.21. The maximum absolute atomic E-state index is 13.9. The number of halogens is 3. The summed E-state index contributed by atoms with van der Waals surface area (Å²) in [6.45, 7) is 2.49. The third-order valence-corrected chi connectivity index (χ3v) is 3.15. The quantitative estimate of drug-likeness (QED) is 0.515. The van der Waals surface area contributed by atoms with Crippen LogP contribution in [-0.2, 0) is 6.54 Å². The highest BCUT2D eigenvalue weighted by molar-refractivity contribution is 6.30. The van der Waals surface area contributed by atoms with Gasteiger partial charge in [-0.15, -0.1) is 0 Å². The number of nitrogens with zero attached hydrogens (tertiary/aromatic N) is 2. The van der Waals surface area contributed by atoms with Crippen molar-refractivity contribution in [2.75, 3.05) is 0 Å². The van der Waals surface area contributed by atoms with E-state index in [1.54, 1.807) is 16.9 Å². The molecule has 7 heteroatoms. The molecule has 2 aromatic rings. The molecule has 1 atom stereocenters. The Hall–Kier alpha value is -1.50. The minimum Gasteiger partial charge on any atom is -0.271 e. The van der Waals surface area contributed by atoms with E-state index in [-0.39, 0.29) is 10.6 Å². The monoisotopic (exact) mass is 286 g/mol. The molecular formula is C12H13ClF2N4. The van der Waals surface area contributed by atoms with Crippen molar-refractivity contribution in [2.45, 2.75) is 19.5 Å². The first kappa shape index (κ1) is 13.9. The molecule has 1 heterocycles. The van der Waals surface area contributed by atoms with Crippen molar-refractivity contribution >= 4 is 11.6 Å². The predicted molar refractivity (Wildman–Crippen MR) is 68.4 cm³/mol. The van der Waals surface area contributed by atoms with E-state index < -0.39 is 17.7 Å². The van der Waals surface area contributed by atoms with E-state index in [9.17, 15) is 8.78 Å². The first-order chi connectivity index (χ1) is 9.08. The van der Waals surface area contributed by atoms with E-state index in [1.165, 1.54) is 0 Å². The van der Waals surface area contributed by atoms with Crippen LogP contribution in [0.25, 0.3) is 0 Å². The third kappa shape index (κ3) is 2.60. The Morgan fingerprint density at radius 1 is 1.42 bits per heavy atom. The minimum atomic E-state index is -0.700. The molecule has 1 aromatic heterocycles. The van der Waals surface area contributed by atoms with E-state index in [1.807, 2.05) is 6.92 Å². The van der Waals surface area contributed by atoms with Crippen molar-refractivity contribution in [3.8, 4) is 0 Å². The second-order valence-corrected chi connectivity index (χ2v) is 4.37. The molecule has 1 aromatic carbocycles. The van der Waals surface area contributed by atoms with Crippen LogP contribution in [0.4, 0.5) is 8.78 Å². The summed E-state index contributed by atoms with van der Waals surface area (Å²) < 4.78 is 29.1. The fourth-order valence-corrected chi connectivity index (χ4v) is 2.10. The number of rotatable bonds is 4. The van der Waals surface area contributed by atoms with E-state index in [0.29, 0.717) is 12.2 Å². The van der Waals surface area contributed by atoms with Crippen LogP contribution in [0.2, 0.25) is 5.02 Å². The molecule has 0 amide bonds. The van der Waals surface area contributed by atoms with Gasteiger partial charge in [-0.2, -0.15) is 5.10 Å². The van der Waals surface area contributed by atoms with E-state index in [2.05, 4.69) is 10.5 Å². The standard InChI is InChI=1S/C12H13ClF2N4/c1-2-19-11(3-4-17-19)12(18-16)7-5-10(15)8(13)6-9(7)14/h3-6,12,18H,2,16H2,1H3. The summed E-state index contributed by atoms with van der Waals surface area (Å²) >= 11 is 5.53. The van der Waals surface area contributed by atoms with Crippen molar-refractivity contribution in [3.05, 3.63) is 52.3 Å². The van der Waals surface area contributed by atoms with Gasteiger partial charge in [0.05, 0.1) is 16.8 Å². The lowest BCUT2D eigenvalue weighted by Gasteiger charge is -2.18. The predicted octanol–water partition coefficient (Wildman–Crippen LogP) is 2.39. The molecule has 0 aliphatic heterocycles. The molecule has 0 aliphatic carbocycles. The molecule has 3 N–H and O–H groups in total. The summed E-state index contributed by atoms with van der Waals surface area (Å²) in [6, 6.07) is 2.97. The lowest BCUT2D eigenvalue weighted by molar-refractivity contribution is 0.509. The van der Waals surface area contributed by atoms with E-state index in [0.717, 1.165) is 12.1 Å². The van der Waals surface area contributed by atoms with Gasteiger partial charge in [-0.05, 0) is 25.1 Å². The molecule has 4 nitrogen and oxygen atoms in total. The number of aryl methyl sites for hydroxylation is 1. The topological polar surface area (TPSA) is 55.9 Å². The number of hydrogen-bond donors (Lipinski definition) is 2. The van der Waals surface area contributed by atoms with Crippen molar-refractivity contribution in [1.29, 1.82) is 0 Å². The van der Waals surface area contributed by atoms with Crippen LogP contribution in [0.5, 0.6) is 0 Å². The largest absolute Gasteiger partial charge is 0.271 e. The number of nitrogens with two attached hydrogens (primary N) is 1. The molecule has 0 aliphatic rings. The Kier molecular flexibility index (Phi) is 4.14. The summed E-state index contributed by atoms with van der Waals surface area (Å²) in [5.74, 6) is 4.14. The van der Waals surface area contributed by atoms with Gasteiger partial charge in [0.25, 0.3) is 0 Å². The Morgan fingerprint density at radius 2 is 2.16 bits per heavy atom. The highest BCUT2D eigenvalue weighted by atomic mass is 35.5. The van der Waals surface area contributed by atoms with Crippen LogP contribution in [0, 0.1) is 11.6 Å². The Labute approximate surface area is 114 Å². The van der Waals surface area contributed by atoms with Gasteiger partial charge < -0.3 is 0 Å². The van der Waals surface area contributed by atoms with Crippen LogP contribution >= 0.6 is 11.6 Å². The number of hydrogen-bond acceptors (Lipinski definition) is 3.